The number of rotatable bonds is 8. The summed E-state index contributed by atoms with van der Waals surface area (Å²) in [6.07, 6.45) is 5.43. The lowest BCUT2D eigenvalue weighted by atomic mass is 10.2. The standard InChI is InChI=1S/C14H26N4/c1-4-6-9-18(12(3)5-2)11-14-10-13(17-15)7-8-16-14/h7-8,10,12H,4-6,9,11,15H2,1-3H3,(H,16,17). The normalized spacial score (nSPS) is 12.7. The molecule has 4 nitrogen and oxygen atoms in total. The Balaban J connectivity index is 2.68. The number of hydrogen-bond acceptors (Lipinski definition) is 4. The van der Waals surface area contributed by atoms with Crippen LogP contribution in [-0.4, -0.2) is 22.5 Å². The van der Waals surface area contributed by atoms with Crippen molar-refractivity contribution >= 4 is 5.69 Å². The minimum Gasteiger partial charge on any atom is -0.324 e. The summed E-state index contributed by atoms with van der Waals surface area (Å²) >= 11 is 0. The molecule has 0 spiro atoms. The number of aromatic nitrogens is 1. The van der Waals surface area contributed by atoms with Crippen LogP contribution >= 0.6 is 0 Å². The second kappa shape index (κ2) is 8.06. The highest BCUT2D eigenvalue weighted by molar-refractivity contribution is 5.41. The molecule has 4 heteroatoms. The predicted octanol–water partition coefficient (Wildman–Crippen LogP) is 2.77. The van der Waals surface area contributed by atoms with Crippen molar-refractivity contribution in [3.05, 3.63) is 24.0 Å². The molecule has 0 radical (unpaired) electrons. The van der Waals surface area contributed by atoms with E-state index in [0.717, 1.165) is 24.5 Å². The lowest BCUT2D eigenvalue weighted by molar-refractivity contribution is 0.190. The monoisotopic (exact) mass is 250 g/mol. The van der Waals surface area contributed by atoms with Crippen LogP contribution in [0.15, 0.2) is 18.3 Å². The smallest absolute Gasteiger partial charge is 0.0565 e. The molecule has 0 aromatic carbocycles. The molecule has 102 valence electrons. The fraction of sp³-hybridized carbons (Fsp3) is 0.643. The number of nitrogens with two attached hydrogens (primary N) is 1. The van der Waals surface area contributed by atoms with Crippen LogP contribution in [0.25, 0.3) is 0 Å². The molecule has 1 unspecified atom stereocenters. The van der Waals surface area contributed by atoms with Crippen molar-refractivity contribution in [2.45, 2.75) is 52.6 Å². The largest absolute Gasteiger partial charge is 0.324 e. The van der Waals surface area contributed by atoms with E-state index < -0.39 is 0 Å². The molecular weight excluding hydrogens is 224 g/mol. The number of nitrogens with one attached hydrogen (secondary N) is 1. The van der Waals surface area contributed by atoms with Crippen molar-refractivity contribution in [1.82, 2.24) is 9.88 Å². The summed E-state index contributed by atoms with van der Waals surface area (Å²) in [5.41, 5.74) is 4.66. The van der Waals surface area contributed by atoms with Gasteiger partial charge in [0.15, 0.2) is 0 Å². The summed E-state index contributed by atoms with van der Waals surface area (Å²) < 4.78 is 0. The van der Waals surface area contributed by atoms with Gasteiger partial charge in [-0.1, -0.05) is 20.3 Å². The van der Waals surface area contributed by atoms with Gasteiger partial charge in [-0.3, -0.25) is 15.7 Å². The molecule has 3 N–H and O–H groups in total. The second-order valence-corrected chi connectivity index (χ2v) is 4.76. The van der Waals surface area contributed by atoms with E-state index in [1.165, 1.54) is 19.3 Å². The molecule has 0 aliphatic rings. The van der Waals surface area contributed by atoms with Crippen LogP contribution in [-0.2, 0) is 6.54 Å². The highest BCUT2D eigenvalue weighted by Crippen LogP contribution is 2.13. The van der Waals surface area contributed by atoms with Crippen molar-refractivity contribution in [2.24, 2.45) is 5.84 Å². The predicted molar refractivity (Wildman–Crippen MR) is 77.1 cm³/mol. The number of hydrogen-bond donors (Lipinski definition) is 2. The number of hydrazine groups is 1. The Bertz CT molecular complexity index is 340. The Morgan fingerprint density at radius 2 is 2.22 bits per heavy atom. The van der Waals surface area contributed by atoms with Gasteiger partial charge in [0.25, 0.3) is 0 Å². The minimum absolute atomic E-state index is 0.591. The van der Waals surface area contributed by atoms with Gasteiger partial charge in [-0.2, -0.15) is 0 Å². The Morgan fingerprint density at radius 3 is 2.83 bits per heavy atom. The summed E-state index contributed by atoms with van der Waals surface area (Å²) in [7, 11) is 0. The molecule has 18 heavy (non-hydrogen) atoms. The van der Waals surface area contributed by atoms with E-state index in [1.807, 2.05) is 12.1 Å². The molecule has 0 saturated carbocycles. The molecule has 0 fully saturated rings. The molecule has 1 rings (SSSR count). The number of nitrogen functional groups attached to an aromatic ring is 1. The number of pyridine rings is 1. The average Bonchev–Trinajstić information content (AvgIpc) is 2.42. The van der Waals surface area contributed by atoms with Gasteiger partial charge >= 0.3 is 0 Å². The van der Waals surface area contributed by atoms with Crippen molar-refractivity contribution in [3.8, 4) is 0 Å². The minimum atomic E-state index is 0.591. The first-order valence-corrected chi connectivity index (χ1v) is 6.86. The van der Waals surface area contributed by atoms with E-state index in [-0.39, 0.29) is 0 Å². The summed E-state index contributed by atoms with van der Waals surface area (Å²) in [6, 6.07) is 4.48. The summed E-state index contributed by atoms with van der Waals surface area (Å²) in [5, 5.41) is 0. The molecule has 1 heterocycles. The van der Waals surface area contributed by atoms with Gasteiger partial charge in [0, 0.05) is 18.8 Å². The first-order chi connectivity index (χ1) is 8.71. The molecule has 0 aliphatic carbocycles. The van der Waals surface area contributed by atoms with Crippen molar-refractivity contribution in [1.29, 1.82) is 0 Å². The average molecular weight is 250 g/mol. The third kappa shape index (κ3) is 4.63. The maximum Gasteiger partial charge on any atom is 0.0565 e. The lowest BCUT2D eigenvalue weighted by Gasteiger charge is -2.28. The van der Waals surface area contributed by atoms with Crippen molar-refractivity contribution in [3.63, 3.8) is 0 Å². The highest BCUT2D eigenvalue weighted by Gasteiger charge is 2.12. The van der Waals surface area contributed by atoms with Crippen LogP contribution in [0, 0.1) is 0 Å². The zero-order valence-corrected chi connectivity index (χ0v) is 11.8. The first kappa shape index (κ1) is 14.9. The first-order valence-electron chi connectivity index (χ1n) is 6.86. The van der Waals surface area contributed by atoms with E-state index in [0.29, 0.717) is 6.04 Å². The lowest BCUT2D eigenvalue weighted by Crippen LogP contribution is -2.33. The van der Waals surface area contributed by atoms with Crippen LogP contribution in [0.3, 0.4) is 0 Å². The Hall–Kier alpha value is -1.13. The molecule has 0 bridgehead atoms. The molecule has 0 amide bonds. The molecule has 1 aromatic rings. The number of unbranched alkanes of at least 4 members (excludes halogenated alkanes) is 1. The van der Waals surface area contributed by atoms with E-state index in [2.05, 4.69) is 36.1 Å². The zero-order valence-electron chi connectivity index (χ0n) is 11.8. The third-order valence-electron chi connectivity index (χ3n) is 3.36. The fourth-order valence-electron chi connectivity index (χ4n) is 1.94. The Labute approximate surface area is 111 Å². The van der Waals surface area contributed by atoms with Crippen LogP contribution in [0.1, 0.15) is 45.7 Å². The Morgan fingerprint density at radius 1 is 1.44 bits per heavy atom. The summed E-state index contributed by atoms with van der Waals surface area (Å²) in [5.74, 6) is 5.42. The van der Waals surface area contributed by atoms with Crippen molar-refractivity contribution < 1.29 is 0 Å². The summed E-state index contributed by atoms with van der Waals surface area (Å²) in [6.45, 7) is 8.76. The highest BCUT2D eigenvalue weighted by atomic mass is 15.2. The molecule has 1 atom stereocenters. The van der Waals surface area contributed by atoms with Gasteiger partial charge in [-0.05, 0) is 38.4 Å². The van der Waals surface area contributed by atoms with Crippen molar-refractivity contribution in [2.75, 3.05) is 12.0 Å². The zero-order chi connectivity index (χ0) is 13.4. The second-order valence-electron chi connectivity index (χ2n) is 4.76. The van der Waals surface area contributed by atoms with E-state index in [9.17, 15) is 0 Å². The van der Waals surface area contributed by atoms with E-state index in [4.69, 9.17) is 5.84 Å². The van der Waals surface area contributed by atoms with Gasteiger partial charge in [0.2, 0.25) is 0 Å². The van der Waals surface area contributed by atoms with Crippen LogP contribution in [0.2, 0.25) is 0 Å². The van der Waals surface area contributed by atoms with E-state index >= 15 is 0 Å². The van der Waals surface area contributed by atoms with Crippen LogP contribution < -0.4 is 11.3 Å². The number of anilines is 1. The third-order valence-corrected chi connectivity index (χ3v) is 3.36. The molecular formula is C14H26N4. The van der Waals surface area contributed by atoms with Gasteiger partial charge < -0.3 is 5.43 Å². The van der Waals surface area contributed by atoms with E-state index in [1.54, 1.807) is 6.20 Å². The topological polar surface area (TPSA) is 54.2 Å². The molecule has 0 aliphatic heterocycles. The molecule has 1 aromatic heterocycles. The SMILES string of the molecule is CCCCN(Cc1cc(NN)ccn1)C(C)CC. The van der Waals surface area contributed by atoms with Gasteiger partial charge in [0.05, 0.1) is 11.4 Å². The van der Waals surface area contributed by atoms with Gasteiger partial charge in [0.1, 0.15) is 0 Å². The fourth-order valence-corrected chi connectivity index (χ4v) is 1.94. The quantitative estimate of drug-likeness (QED) is 0.550. The van der Waals surface area contributed by atoms with Crippen LogP contribution in [0.5, 0.6) is 0 Å². The summed E-state index contributed by atoms with van der Waals surface area (Å²) in [4.78, 5) is 6.91. The van der Waals surface area contributed by atoms with Gasteiger partial charge in [-0.15, -0.1) is 0 Å². The Kier molecular flexibility index (Phi) is 6.68. The van der Waals surface area contributed by atoms with Gasteiger partial charge in [-0.25, -0.2) is 0 Å². The molecule has 0 saturated heterocycles. The maximum absolute atomic E-state index is 5.42. The number of nitrogens with zero attached hydrogens (tertiary/aromatic N) is 2. The van der Waals surface area contributed by atoms with Crippen LogP contribution in [0.4, 0.5) is 5.69 Å². The maximum atomic E-state index is 5.42.